The molecule has 1 nitrogen and oxygen atoms in total. The van der Waals surface area contributed by atoms with E-state index >= 15 is 0 Å². The van der Waals surface area contributed by atoms with E-state index in [1.807, 2.05) is 0 Å². The number of unbranched alkanes of at least 4 members (excludes halogenated alkanes) is 15. The lowest BCUT2D eigenvalue weighted by Gasteiger charge is -2.03. The van der Waals surface area contributed by atoms with Crippen LogP contribution < -0.4 is 5.73 Å². The highest BCUT2D eigenvalue weighted by atomic mass is 14.5. The summed E-state index contributed by atoms with van der Waals surface area (Å²) in [5.41, 5.74) is 5.46. The Morgan fingerprint density at radius 2 is 1.00 bits per heavy atom. The molecule has 1 radical (unpaired) electrons. The molecule has 0 bridgehead atoms. The summed E-state index contributed by atoms with van der Waals surface area (Å²) in [7, 11) is 0. The fraction of sp³-hybridized carbons (Fsp3) is 0.944. The predicted octanol–water partition coefficient (Wildman–Crippen LogP) is 6.02. The molecular formula is C18H38N. The highest BCUT2D eigenvalue weighted by Crippen LogP contribution is 2.13. The maximum Gasteiger partial charge on any atom is -0.00772 e. The summed E-state index contributed by atoms with van der Waals surface area (Å²) in [6.07, 6.45) is 23.4. The molecule has 0 aliphatic heterocycles. The average molecular weight is 269 g/mol. The van der Waals surface area contributed by atoms with Crippen molar-refractivity contribution in [3.05, 3.63) is 6.42 Å². The zero-order valence-electron chi connectivity index (χ0n) is 13.5. The van der Waals surface area contributed by atoms with Gasteiger partial charge in [0.1, 0.15) is 0 Å². The molecule has 0 unspecified atom stereocenters. The Morgan fingerprint density at radius 3 is 1.47 bits per heavy atom. The third-order valence-corrected chi connectivity index (χ3v) is 3.87. The van der Waals surface area contributed by atoms with Crippen LogP contribution >= 0.6 is 0 Å². The van der Waals surface area contributed by atoms with Gasteiger partial charge in [-0.15, -0.1) is 0 Å². The van der Waals surface area contributed by atoms with Crippen molar-refractivity contribution in [3.63, 3.8) is 0 Å². The van der Waals surface area contributed by atoms with E-state index in [-0.39, 0.29) is 0 Å². The van der Waals surface area contributed by atoms with E-state index in [1.54, 1.807) is 0 Å². The second-order valence-electron chi connectivity index (χ2n) is 5.90. The maximum absolute atomic E-state index is 5.46. The Hall–Kier alpha value is -0.0400. The smallest absolute Gasteiger partial charge is 0.00772 e. The van der Waals surface area contributed by atoms with Crippen LogP contribution in [0.15, 0.2) is 0 Å². The molecule has 1 heteroatoms. The van der Waals surface area contributed by atoms with Crippen molar-refractivity contribution in [1.82, 2.24) is 0 Å². The summed E-state index contributed by atoms with van der Waals surface area (Å²) in [5, 5.41) is 0. The number of hydrogen-bond acceptors (Lipinski definition) is 1. The molecule has 0 aromatic carbocycles. The van der Waals surface area contributed by atoms with Crippen LogP contribution in [0, 0.1) is 6.42 Å². The van der Waals surface area contributed by atoms with E-state index in [9.17, 15) is 0 Å². The van der Waals surface area contributed by atoms with Crippen LogP contribution in [-0.4, -0.2) is 6.54 Å². The van der Waals surface area contributed by atoms with E-state index in [0.29, 0.717) is 0 Å². The molecule has 115 valence electrons. The number of rotatable bonds is 16. The van der Waals surface area contributed by atoms with Gasteiger partial charge in [-0.2, -0.15) is 0 Å². The molecule has 0 amide bonds. The van der Waals surface area contributed by atoms with Gasteiger partial charge in [0, 0.05) is 0 Å². The molecule has 0 atom stereocenters. The molecule has 0 aromatic rings. The summed E-state index contributed by atoms with van der Waals surface area (Å²) < 4.78 is 0. The fourth-order valence-electron chi connectivity index (χ4n) is 2.54. The lowest BCUT2D eigenvalue weighted by atomic mass is 10.0. The molecular weight excluding hydrogens is 230 g/mol. The first-order chi connectivity index (χ1) is 9.41. The van der Waals surface area contributed by atoms with Gasteiger partial charge in [0.05, 0.1) is 0 Å². The topological polar surface area (TPSA) is 26.0 Å². The van der Waals surface area contributed by atoms with Crippen molar-refractivity contribution in [1.29, 1.82) is 0 Å². The van der Waals surface area contributed by atoms with Crippen LogP contribution in [0.1, 0.15) is 103 Å². The van der Waals surface area contributed by atoms with Crippen LogP contribution in [0.2, 0.25) is 0 Å². The van der Waals surface area contributed by atoms with Crippen LogP contribution in [0.5, 0.6) is 0 Å². The van der Waals surface area contributed by atoms with Crippen molar-refractivity contribution < 1.29 is 0 Å². The minimum atomic E-state index is 0.842. The highest BCUT2D eigenvalue weighted by Gasteiger charge is 1.94. The second kappa shape index (κ2) is 18.0. The van der Waals surface area contributed by atoms with Gasteiger partial charge in [0.2, 0.25) is 0 Å². The molecule has 0 aliphatic rings. The average Bonchev–Trinajstić information content (AvgIpc) is 2.43. The summed E-state index contributed by atoms with van der Waals surface area (Å²) in [6, 6.07) is 0. The normalized spacial score (nSPS) is 11.1. The molecule has 19 heavy (non-hydrogen) atoms. The molecule has 2 N–H and O–H groups in total. The van der Waals surface area contributed by atoms with E-state index in [0.717, 1.165) is 13.0 Å². The number of nitrogens with two attached hydrogens (primary N) is 1. The summed E-state index contributed by atoms with van der Waals surface area (Å²) in [5.74, 6) is 0. The molecule has 0 aromatic heterocycles. The Morgan fingerprint density at radius 1 is 0.579 bits per heavy atom. The summed E-state index contributed by atoms with van der Waals surface area (Å²) in [6.45, 7) is 3.13. The zero-order chi connectivity index (χ0) is 14.0. The minimum absolute atomic E-state index is 0.842. The monoisotopic (exact) mass is 268 g/mol. The van der Waals surface area contributed by atoms with Gasteiger partial charge < -0.3 is 5.73 Å². The van der Waals surface area contributed by atoms with Gasteiger partial charge >= 0.3 is 0 Å². The molecule has 0 heterocycles. The Kier molecular flexibility index (Phi) is 17.9. The Bertz CT molecular complexity index is 129. The van der Waals surface area contributed by atoms with Crippen LogP contribution in [0.25, 0.3) is 0 Å². The van der Waals surface area contributed by atoms with Crippen LogP contribution in [0.4, 0.5) is 0 Å². The van der Waals surface area contributed by atoms with Crippen molar-refractivity contribution in [2.24, 2.45) is 5.73 Å². The maximum atomic E-state index is 5.46. The first-order valence-electron chi connectivity index (χ1n) is 8.93. The van der Waals surface area contributed by atoms with E-state index < -0.39 is 0 Å². The molecule has 0 aliphatic carbocycles. The van der Waals surface area contributed by atoms with Gasteiger partial charge in [0.15, 0.2) is 0 Å². The first-order valence-corrected chi connectivity index (χ1v) is 8.93. The largest absolute Gasteiger partial charge is 0.330 e. The van der Waals surface area contributed by atoms with E-state index in [1.165, 1.54) is 89.9 Å². The molecule has 0 saturated carbocycles. The second-order valence-corrected chi connectivity index (χ2v) is 5.90. The van der Waals surface area contributed by atoms with Crippen molar-refractivity contribution in [2.45, 2.75) is 103 Å². The molecule has 0 saturated heterocycles. The number of hydrogen-bond donors (Lipinski definition) is 1. The lowest BCUT2D eigenvalue weighted by molar-refractivity contribution is 0.542. The van der Waals surface area contributed by atoms with Crippen LogP contribution in [0.3, 0.4) is 0 Å². The van der Waals surface area contributed by atoms with E-state index in [4.69, 9.17) is 5.73 Å². The quantitative estimate of drug-likeness (QED) is 0.340. The SMILES string of the molecule is CCCCCCCCCCCCCC[CH]CCCN. The van der Waals surface area contributed by atoms with Crippen molar-refractivity contribution >= 4 is 0 Å². The minimum Gasteiger partial charge on any atom is -0.330 e. The summed E-state index contributed by atoms with van der Waals surface area (Å²) >= 11 is 0. The standard InChI is InChI=1S/C18H38N/c1-2-3-4-5-6-7-8-9-10-11-12-13-14-15-16-17-18-19/h15H,2-14,16-19H2,1H3. The van der Waals surface area contributed by atoms with Gasteiger partial charge in [0.25, 0.3) is 0 Å². The first kappa shape index (κ1) is 19.0. The van der Waals surface area contributed by atoms with Crippen molar-refractivity contribution in [3.8, 4) is 0 Å². The van der Waals surface area contributed by atoms with Gasteiger partial charge in [-0.3, -0.25) is 0 Å². The van der Waals surface area contributed by atoms with Gasteiger partial charge in [-0.1, -0.05) is 90.4 Å². The third kappa shape index (κ3) is 18.0. The van der Waals surface area contributed by atoms with E-state index in [2.05, 4.69) is 13.3 Å². The predicted molar refractivity (Wildman–Crippen MR) is 88.3 cm³/mol. The fourth-order valence-corrected chi connectivity index (χ4v) is 2.54. The zero-order valence-corrected chi connectivity index (χ0v) is 13.5. The molecule has 0 spiro atoms. The van der Waals surface area contributed by atoms with Gasteiger partial charge in [-0.25, -0.2) is 0 Å². The molecule has 0 fully saturated rings. The summed E-state index contributed by atoms with van der Waals surface area (Å²) in [4.78, 5) is 0. The highest BCUT2D eigenvalue weighted by molar-refractivity contribution is 4.64. The van der Waals surface area contributed by atoms with Crippen molar-refractivity contribution in [2.75, 3.05) is 6.54 Å². The Labute approximate surface area is 122 Å². The third-order valence-electron chi connectivity index (χ3n) is 3.87. The Balaban J connectivity index is 2.88. The van der Waals surface area contributed by atoms with Crippen LogP contribution in [-0.2, 0) is 0 Å². The van der Waals surface area contributed by atoms with Gasteiger partial charge in [-0.05, 0) is 25.8 Å². The molecule has 0 rings (SSSR count). The lowest BCUT2D eigenvalue weighted by Crippen LogP contribution is -1.97.